The van der Waals surface area contributed by atoms with E-state index in [2.05, 4.69) is 10.1 Å². The molecule has 3 nitrogen and oxygen atoms in total. The molecule has 0 saturated carbocycles. The Labute approximate surface area is 129 Å². The highest BCUT2D eigenvalue weighted by Gasteiger charge is 2.34. The zero-order chi connectivity index (χ0) is 15.9. The van der Waals surface area contributed by atoms with Crippen LogP contribution < -0.4 is 0 Å². The van der Waals surface area contributed by atoms with Crippen molar-refractivity contribution in [2.45, 2.75) is 19.6 Å². The summed E-state index contributed by atoms with van der Waals surface area (Å²) in [5.74, 6) is 0. The molecular weight excluding hydrogens is 315 g/mol. The van der Waals surface area contributed by atoms with Gasteiger partial charge in [0.1, 0.15) is 0 Å². The van der Waals surface area contributed by atoms with Crippen molar-refractivity contribution in [1.82, 2.24) is 14.8 Å². The van der Waals surface area contributed by atoms with Gasteiger partial charge in [-0.3, -0.25) is 0 Å². The highest BCUT2D eigenvalue weighted by molar-refractivity contribution is 6.30. The predicted molar refractivity (Wildman–Crippen MR) is 78.7 cm³/mol. The molecule has 7 heteroatoms. The summed E-state index contributed by atoms with van der Waals surface area (Å²) in [5, 5.41) is 4.49. The molecule has 0 N–H and O–H groups in total. The van der Waals surface area contributed by atoms with Crippen LogP contribution in [0, 0.1) is 0 Å². The number of hydrogen-bond donors (Lipinski definition) is 0. The summed E-state index contributed by atoms with van der Waals surface area (Å²) in [7, 11) is 0. The smallest absolute Gasteiger partial charge is 0.248 e. The van der Waals surface area contributed by atoms with Crippen LogP contribution in [0.2, 0.25) is 5.02 Å². The minimum atomic E-state index is -4.47. The van der Waals surface area contributed by atoms with Gasteiger partial charge in [0.25, 0.3) is 0 Å². The Morgan fingerprint density at radius 3 is 2.45 bits per heavy atom. The Morgan fingerprint density at radius 2 is 1.86 bits per heavy atom. The monoisotopic (exact) mass is 325 g/mol. The van der Waals surface area contributed by atoms with E-state index in [1.807, 2.05) is 0 Å². The van der Waals surface area contributed by atoms with Crippen LogP contribution in [0.5, 0.6) is 0 Å². The van der Waals surface area contributed by atoms with Crippen molar-refractivity contribution < 1.29 is 13.2 Å². The van der Waals surface area contributed by atoms with Gasteiger partial charge >= 0.3 is 6.18 Å². The molecule has 0 amide bonds. The van der Waals surface area contributed by atoms with Crippen LogP contribution in [0.4, 0.5) is 13.2 Å². The molecule has 0 aliphatic heterocycles. The number of aromatic nitrogens is 3. The van der Waals surface area contributed by atoms with Crippen molar-refractivity contribution in [3.05, 3.63) is 47.1 Å². The summed E-state index contributed by atoms with van der Waals surface area (Å²) in [6.45, 7) is 2.24. The molecule has 2 aromatic heterocycles. The zero-order valence-corrected chi connectivity index (χ0v) is 12.3. The number of halogens is 4. The van der Waals surface area contributed by atoms with E-state index in [0.29, 0.717) is 17.1 Å². The average molecular weight is 326 g/mol. The fourth-order valence-corrected chi connectivity index (χ4v) is 2.41. The Balaban J connectivity index is 2.29. The molecule has 2 heterocycles. The Bertz CT molecular complexity index is 822. The number of nitrogens with zero attached hydrogens (tertiary/aromatic N) is 3. The van der Waals surface area contributed by atoms with Crippen molar-refractivity contribution in [2.75, 3.05) is 0 Å². The lowest BCUT2D eigenvalue weighted by Crippen LogP contribution is -2.07. The Kier molecular flexibility index (Phi) is 3.56. The third-order valence-electron chi connectivity index (χ3n) is 3.35. The molecule has 1 aromatic carbocycles. The fraction of sp³-hybridized carbons (Fsp3) is 0.200. The number of benzene rings is 1. The van der Waals surface area contributed by atoms with Crippen LogP contribution >= 0.6 is 11.6 Å². The summed E-state index contributed by atoms with van der Waals surface area (Å²) >= 11 is 5.81. The average Bonchev–Trinajstić information content (AvgIpc) is 2.88. The van der Waals surface area contributed by atoms with Gasteiger partial charge in [0.15, 0.2) is 5.65 Å². The molecule has 0 aliphatic carbocycles. The molecule has 22 heavy (non-hydrogen) atoms. The maximum Gasteiger partial charge on any atom is 0.417 e. The summed E-state index contributed by atoms with van der Waals surface area (Å²) in [6.07, 6.45) is -3.26. The third kappa shape index (κ3) is 2.54. The van der Waals surface area contributed by atoms with Gasteiger partial charge in [-0.25, -0.2) is 9.67 Å². The Morgan fingerprint density at radius 1 is 1.18 bits per heavy atom. The molecule has 0 fully saturated rings. The quantitative estimate of drug-likeness (QED) is 0.678. The van der Waals surface area contributed by atoms with Gasteiger partial charge in [0, 0.05) is 17.1 Å². The van der Waals surface area contributed by atoms with E-state index in [1.165, 1.54) is 10.9 Å². The number of pyridine rings is 1. The fourth-order valence-electron chi connectivity index (χ4n) is 2.28. The van der Waals surface area contributed by atoms with Gasteiger partial charge in [0.05, 0.1) is 22.8 Å². The van der Waals surface area contributed by atoms with Crippen LogP contribution in [0.25, 0.3) is 22.3 Å². The van der Waals surface area contributed by atoms with E-state index in [1.54, 1.807) is 31.2 Å². The second-order valence-corrected chi connectivity index (χ2v) is 5.19. The van der Waals surface area contributed by atoms with E-state index in [0.717, 1.165) is 6.07 Å². The predicted octanol–water partition coefficient (Wildman–Crippen LogP) is 4.79. The van der Waals surface area contributed by atoms with E-state index >= 15 is 0 Å². The first-order valence-corrected chi connectivity index (χ1v) is 6.97. The van der Waals surface area contributed by atoms with Crippen LogP contribution in [0.1, 0.15) is 12.5 Å². The molecule has 0 unspecified atom stereocenters. The van der Waals surface area contributed by atoms with Crippen molar-refractivity contribution in [3.63, 3.8) is 0 Å². The molecule has 0 bridgehead atoms. The standard InChI is InChI=1S/C15H11ClF3N3/c1-2-22-14-11(8-20-22)12(15(17,18)19)7-13(21-14)9-3-5-10(16)6-4-9/h3-8H,2H2,1H3. The van der Waals surface area contributed by atoms with Gasteiger partial charge in [0.2, 0.25) is 0 Å². The second kappa shape index (κ2) is 5.28. The van der Waals surface area contributed by atoms with Crippen molar-refractivity contribution >= 4 is 22.6 Å². The normalized spacial score (nSPS) is 12.0. The summed E-state index contributed by atoms with van der Waals surface area (Å²) < 4.78 is 41.4. The molecule has 0 radical (unpaired) electrons. The first-order chi connectivity index (χ1) is 10.4. The van der Waals surface area contributed by atoms with Gasteiger partial charge in [-0.1, -0.05) is 23.7 Å². The molecule has 0 saturated heterocycles. The van der Waals surface area contributed by atoms with Crippen LogP contribution in [0.3, 0.4) is 0 Å². The number of fused-ring (bicyclic) bond motifs is 1. The topological polar surface area (TPSA) is 30.7 Å². The zero-order valence-electron chi connectivity index (χ0n) is 11.5. The highest BCUT2D eigenvalue weighted by Crippen LogP contribution is 2.36. The summed E-state index contributed by atoms with van der Waals surface area (Å²) in [5.41, 5.74) is 0.303. The maximum absolute atomic E-state index is 13.3. The molecule has 0 atom stereocenters. The second-order valence-electron chi connectivity index (χ2n) is 4.76. The van der Waals surface area contributed by atoms with Crippen molar-refractivity contribution in [1.29, 1.82) is 0 Å². The van der Waals surface area contributed by atoms with Gasteiger partial charge in [-0.15, -0.1) is 0 Å². The van der Waals surface area contributed by atoms with Gasteiger partial charge in [-0.2, -0.15) is 18.3 Å². The first kappa shape index (κ1) is 14.8. The molecule has 3 aromatic rings. The van der Waals surface area contributed by atoms with Crippen LogP contribution in [-0.2, 0) is 12.7 Å². The van der Waals surface area contributed by atoms with Crippen LogP contribution in [-0.4, -0.2) is 14.8 Å². The highest BCUT2D eigenvalue weighted by atomic mass is 35.5. The third-order valence-corrected chi connectivity index (χ3v) is 3.61. The van der Waals surface area contributed by atoms with E-state index in [9.17, 15) is 13.2 Å². The van der Waals surface area contributed by atoms with E-state index in [4.69, 9.17) is 11.6 Å². The van der Waals surface area contributed by atoms with E-state index < -0.39 is 11.7 Å². The SMILES string of the molecule is CCn1ncc2c(C(F)(F)F)cc(-c3ccc(Cl)cc3)nc21. The number of aryl methyl sites for hydroxylation is 1. The van der Waals surface area contributed by atoms with Crippen LogP contribution in [0.15, 0.2) is 36.5 Å². The largest absolute Gasteiger partial charge is 0.417 e. The number of hydrogen-bond acceptors (Lipinski definition) is 2. The molecule has 0 spiro atoms. The number of rotatable bonds is 2. The molecule has 114 valence electrons. The maximum atomic E-state index is 13.3. The molecule has 0 aliphatic rings. The van der Waals surface area contributed by atoms with Crippen molar-refractivity contribution in [2.24, 2.45) is 0 Å². The minimum Gasteiger partial charge on any atom is -0.248 e. The molecule has 3 rings (SSSR count). The van der Waals surface area contributed by atoms with Gasteiger partial charge in [-0.05, 0) is 25.1 Å². The lowest BCUT2D eigenvalue weighted by molar-refractivity contribution is -0.136. The molecular formula is C15H11ClF3N3. The lowest BCUT2D eigenvalue weighted by Gasteiger charge is -2.11. The van der Waals surface area contributed by atoms with Gasteiger partial charge < -0.3 is 0 Å². The van der Waals surface area contributed by atoms with E-state index in [-0.39, 0.29) is 16.7 Å². The minimum absolute atomic E-state index is 0.00654. The first-order valence-electron chi connectivity index (χ1n) is 6.60. The summed E-state index contributed by atoms with van der Waals surface area (Å²) in [4.78, 5) is 4.34. The lowest BCUT2D eigenvalue weighted by atomic mass is 10.1. The summed E-state index contributed by atoms with van der Waals surface area (Å²) in [6, 6.07) is 7.57. The Hall–Kier alpha value is -2.08. The number of alkyl halides is 3. The van der Waals surface area contributed by atoms with Crippen molar-refractivity contribution in [3.8, 4) is 11.3 Å².